The van der Waals surface area contributed by atoms with Crippen molar-refractivity contribution in [2.75, 3.05) is 31.6 Å². The average Bonchev–Trinajstić information content (AvgIpc) is 3.01. The molecule has 0 bridgehead atoms. The van der Waals surface area contributed by atoms with E-state index in [-0.39, 0.29) is 55.0 Å². The van der Waals surface area contributed by atoms with Crippen LogP contribution >= 0.6 is 0 Å². The number of carbonyl (C=O) groups is 2. The van der Waals surface area contributed by atoms with Gasteiger partial charge in [0.1, 0.15) is 36.4 Å². The van der Waals surface area contributed by atoms with Crippen LogP contribution in [0.25, 0.3) is 0 Å². The van der Waals surface area contributed by atoms with Gasteiger partial charge in [0.05, 0.1) is 42.9 Å². The van der Waals surface area contributed by atoms with Gasteiger partial charge in [0.15, 0.2) is 0 Å². The van der Waals surface area contributed by atoms with E-state index >= 15 is 0 Å². The summed E-state index contributed by atoms with van der Waals surface area (Å²) in [5.41, 5.74) is 6.33. The van der Waals surface area contributed by atoms with Gasteiger partial charge in [-0.3, -0.25) is 9.78 Å². The molecule has 16 heteroatoms. The van der Waals surface area contributed by atoms with E-state index in [1.807, 2.05) is 0 Å². The molecule has 0 spiro atoms. The molecular weight excluding hydrogens is 627 g/mol. The minimum absolute atomic E-state index is 0.0158. The largest absolute Gasteiger partial charge is 0.448 e. The number of rotatable bonds is 11. The first-order chi connectivity index (χ1) is 21.8. The van der Waals surface area contributed by atoms with Crippen LogP contribution in [-0.4, -0.2) is 67.7 Å². The van der Waals surface area contributed by atoms with Crippen LogP contribution in [0.4, 0.5) is 41.2 Å². The number of carbonyl (C=O) groups excluding carboxylic acids is 2. The van der Waals surface area contributed by atoms with Crippen molar-refractivity contribution < 1.29 is 49.8 Å². The number of hydrogen-bond donors (Lipinski definition) is 4. The van der Waals surface area contributed by atoms with E-state index in [2.05, 4.69) is 15.6 Å². The molecule has 0 aliphatic carbocycles. The van der Waals surface area contributed by atoms with Gasteiger partial charge in [-0.2, -0.15) is 13.2 Å². The number of nitrogens with one attached hydrogen (secondary N) is 3. The number of alkyl halides is 3. The van der Waals surface area contributed by atoms with Gasteiger partial charge in [-0.05, 0) is 48.7 Å². The number of ether oxygens (including phenoxy) is 2. The molecular formula is C30H30F7N5O4. The minimum Gasteiger partial charge on any atom is -0.448 e. The molecule has 2 heterocycles. The Morgan fingerprint density at radius 1 is 1.04 bits per heavy atom. The lowest BCUT2D eigenvalue weighted by Crippen LogP contribution is -2.49. The molecule has 46 heavy (non-hydrogen) atoms. The van der Waals surface area contributed by atoms with Crippen LogP contribution in [0.3, 0.4) is 0 Å². The van der Waals surface area contributed by atoms with E-state index in [4.69, 9.17) is 15.2 Å². The minimum atomic E-state index is -4.57. The maximum atomic E-state index is 14.9. The second-order valence-corrected chi connectivity index (χ2v) is 10.5. The zero-order valence-electron chi connectivity index (χ0n) is 24.1. The number of aromatic nitrogens is 1. The van der Waals surface area contributed by atoms with Gasteiger partial charge in [0.2, 0.25) is 5.91 Å². The first kappa shape index (κ1) is 34.6. The molecule has 9 nitrogen and oxygen atoms in total. The van der Waals surface area contributed by atoms with Gasteiger partial charge in [-0.1, -0.05) is 12.1 Å². The molecule has 3 aromatic rings. The van der Waals surface area contributed by atoms with E-state index < -0.39 is 72.1 Å². The highest BCUT2D eigenvalue weighted by molar-refractivity contribution is 5.96. The number of benzene rings is 2. The molecule has 1 fully saturated rings. The van der Waals surface area contributed by atoms with Gasteiger partial charge >= 0.3 is 12.3 Å². The molecule has 2 amide bonds. The number of alkyl carbamates (subject to hydrolysis) is 1. The Labute approximate surface area is 258 Å². The summed E-state index contributed by atoms with van der Waals surface area (Å²) in [6.07, 6.45) is -3.76. The van der Waals surface area contributed by atoms with Crippen LogP contribution in [0.5, 0.6) is 0 Å². The van der Waals surface area contributed by atoms with E-state index in [0.29, 0.717) is 0 Å². The Bertz CT molecular complexity index is 1500. The zero-order chi connectivity index (χ0) is 33.4. The van der Waals surface area contributed by atoms with Crippen molar-refractivity contribution in [1.82, 2.24) is 15.6 Å². The van der Waals surface area contributed by atoms with Gasteiger partial charge in [-0.25, -0.2) is 22.4 Å². The molecule has 0 saturated carbocycles. The number of morpholine rings is 1. The van der Waals surface area contributed by atoms with E-state index in [9.17, 15) is 40.3 Å². The SMILES string of the molecule is N[C@H](C(=O)Nc1cncc(F)c1CC[C@@H]1CN[C@H](COC(=O)NCC(F)(F)F)CO1)[C@@H](c1ccc(F)cc1)c1cc(F)ccc1F. The Balaban J connectivity index is 1.38. The number of nitrogens with zero attached hydrogens (tertiary/aromatic N) is 1. The van der Waals surface area contributed by atoms with Crippen molar-refractivity contribution in [2.24, 2.45) is 5.73 Å². The third-order valence-corrected chi connectivity index (χ3v) is 7.18. The van der Waals surface area contributed by atoms with Gasteiger partial charge in [0, 0.05) is 23.6 Å². The first-order valence-corrected chi connectivity index (χ1v) is 14.0. The van der Waals surface area contributed by atoms with E-state index in [0.717, 1.165) is 36.5 Å². The molecule has 4 rings (SSSR count). The maximum absolute atomic E-state index is 14.9. The molecule has 1 saturated heterocycles. The fourth-order valence-corrected chi connectivity index (χ4v) is 4.86. The predicted molar refractivity (Wildman–Crippen MR) is 151 cm³/mol. The summed E-state index contributed by atoms with van der Waals surface area (Å²) in [5, 5.41) is 7.15. The summed E-state index contributed by atoms with van der Waals surface area (Å²) < 4.78 is 105. The second kappa shape index (κ2) is 15.3. The lowest BCUT2D eigenvalue weighted by molar-refractivity contribution is -0.124. The highest BCUT2D eigenvalue weighted by Gasteiger charge is 2.32. The number of amides is 2. The van der Waals surface area contributed by atoms with Gasteiger partial charge in [-0.15, -0.1) is 0 Å². The van der Waals surface area contributed by atoms with Crippen LogP contribution in [-0.2, 0) is 20.7 Å². The zero-order valence-corrected chi connectivity index (χ0v) is 24.1. The van der Waals surface area contributed by atoms with Gasteiger partial charge < -0.3 is 31.2 Å². The van der Waals surface area contributed by atoms with Crippen LogP contribution in [0.2, 0.25) is 0 Å². The summed E-state index contributed by atoms with van der Waals surface area (Å²) in [4.78, 5) is 28.6. The molecule has 4 atom stereocenters. The molecule has 5 N–H and O–H groups in total. The van der Waals surface area contributed by atoms with Gasteiger partial charge in [0.25, 0.3) is 0 Å². The highest BCUT2D eigenvalue weighted by atomic mass is 19.4. The summed E-state index contributed by atoms with van der Waals surface area (Å²) >= 11 is 0. The van der Waals surface area contributed by atoms with Crippen molar-refractivity contribution in [3.8, 4) is 0 Å². The van der Waals surface area contributed by atoms with E-state index in [1.54, 1.807) is 5.32 Å². The molecule has 1 aliphatic heterocycles. The normalized spacial score (nSPS) is 18.0. The summed E-state index contributed by atoms with van der Waals surface area (Å²) in [5.74, 6) is -5.06. The molecule has 1 aromatic heterocycles. The third kappa shape index (κ3) is 9.61. The monoisotopic (exact) mass is 657 g/mol. The van der Waals surface area contributed by atoms with Crippen LogP contribution in [0.15, 0.2) is 54.9 Å². The van der Waals surface area contributed by atoms with Crippen molar-refractivity contribution in [1.29, 1.82) is 0 Å². The number of anilines is 1. The number of hydrogen-bond acceptors (Lipinski definition) is 7. The molecule has 0 radical (unpaired) electrons. The maximum Gasteiger partial charge on any atom is 0.407 e. The first-order valence-electron chi connectivity index (χ1n) is 14.0. The Kier molecular flexibility index (Phi) is 11.5. The van der Waals surface area contributed by atoms with Crippen LogP contribution in [0, 0.1) is 23.3 Å². The van der Waals surface area contributed by atoms with Crippen LogP contribution < -0.4 is 21.7 Å². The third-order valence-electron chi connectivity index (χ3n) is 7.18. The fraction of sp³-hybridized carbons (Fsp3) is 0.367. The quantitative estimate of drug-likeness (QED) is 0.227. The smallest absolute Gasteiger partial charge is 0.407 e. The highest BCUT2D eigenvalue weighted by Crippen LogP contribution is 2.31. The van der Waals surface area contributed by atoms with E-state index in [1.165, 1.54) is 18.3 Å². The average molecular weight is 658 g/mol. The molecule has 248 valence electrons. The lowest BCUT2D eigenvalue weighted by Gasteiger charge is -2.30. The molecule has 0 unspecified atom stereocenters. The Morgan fingerprint density at radius 2 is 1.76 bits per heavy atom. The van der Waals surface area contributed by atoms with Crippen molar-refractivity contribution in [2.45, 2.75) is 43.1 Å². The topological polar surface area (TPSA) is 128 Å². The predicted octanol–water partition coefficient (Wildman–Crippen LogP) is 4.31. The van der Waals surface area contributed by atoms with Crippen LogP contribution in [0.1, 0.15) is 29.0 Å². The summed E-state index contributed by atoms with van der Waals surface area (Å²) in [7, 11) is 0. The Hall–Kier alpha value is -4.28. The lowest BCUT2D eigenvalue weighted by atomic mass is 9.84. The number of pyridine rings is 1. The summed E-state index contributed by atoms with van der Waals surface area (Å²) in [6.45, 7) is -1.47. The summed E-state index contributed by atoms with van der Waals surface area (Å²) in [6, 6.07) is 5.43. The number of nitrogens with two attached hydrogens (primary N) is 1. The van der Waals surface area contributed by atoms with Crippen molar-refractivity contribution >= 4 is 17.7 Å². The number of halogens is 7. The van der Waals surface area contributed by atoms with Crippen molar-refractivity contribution in [3.63, 3.8) is 0 Å². The fourth-order valence-electron chi connectivity index (χ4n) is 4.86. The van der Waals surface area contributed by atoms with Crippen molar-refractivity contribution in [3.05, 3.63) is 94.8 Å². The second-order valence-electron chi connectivity index (χ2n) is 10.5. The Morgan fingerprint density at radius 3 is 2.43 bits per heavy atom. The standard InChI is InChI=1S/C30H30F7N5O4/c31-17-3-1-16(2-4-17)26(22-9-18(32)5-8-23(22)33)27(38)28(43)42-25-12-39-11-24(34)21(25)7-6-20-10-40-19(13-45-20)14-46-29(44)41-15-30(35,36)37/h1-5,8-9,11-12,19-20,26-27,40H,6-7,10,13-15,38H2,(H,41,44)(H,42,43)/t19-,20+,26-,27-/m0/s1. The molecule has 2 aromatic carbocycles. The molecule has 1 aliphatic rings.